The van der Waals surface area contributed by atoms with Crippen LogP contribution in [0.3, 0.4) is 0 Å². The molecule has 0 heterocycles. The van der Waals surface area contributed by atoms with Crippen LogP contribution in [0.4, 0.5) is 4.79 Å². The molecular formula is C13H25NO5. The predicted molar refractivity (Wildman–Crippen MR) is 70.9 cm³/mol. The third-order valence-electron chi connectivity index (χ3n) is 1.84. The predicted octanol–water partition coefficient (Wildman–Crippen LogP) is 1.87. The van der Waals surface area contributed by atoms with E-state index in [4.69, 9.17) is 14.2 Å². The lowest BCUT2D eigenvalue weighted by molar-refractivity contribution is -0.145. The summed E-state index contributed by atoms with van der Waals surface area (Å²) in [5.41, 5.74) is -0.540. The van der Waals surface area contributed by atoms with E-state index in [1.165, 1.54) is 0 Å². The molecule has 0 spiro atoms. The quantitative estimate of drug-likeness (QED) is 0.540. The number of nitrogens with one attached hydrogen (secondary N) is 1. The smallest absolute Gasteiger partial charge is 0.407 e. The van der Waals surface area contributed by atoms with Gasteiger partial charge in [0.25, 0.3) is 0 Å². The summed E-state index contributed by atoms with van der Waals surface area (Å²) < 4.78 is 15.1. The minimum Gasteiger partial charge on any atom is -0.463 e. The molecule has 1 N–H and O–H groups in total. The second-order valence-corrected chi connectivity index (χ2v) is 5.01. The second kappa shape index (κ2) is 9.61. The summed E-state index contributed by atoms with van der Waals surface area (Å²) in [4.78, 5) is 22.5. The zero-order chi connectivity index (χ0) is 14.7. The van der Waals surface area contributed by atoms with Gasteiger partial charge < -0.3 is 19.5 Å². The number of carbonyl (C=O) groups is 2. The molecule has 0 aliphatic carbocycles. The maximum absolute atomic E-state index is 11.3. The highest BCUT2D eigenvalue weighted by atomic mass is 16.6. The van der Waals surface area contributed by atoms with Crippen LogP contribution in [0.5, 0.6) is 0 Å². The molecule has 0 aromatic rings. The molecule has 112 valence electrons. The number of carbonyl (C=O) groups excluding carboxylic acids is 2. The first kappa shape index (κ1) is 17.7. The Morgan fingerprint density at radius 3 is 2.37 bits per heavy atom. The number of rotatable bonds is 8. The van der Waals surface area contributed by atoms with Gasteiger partial charge in [0.2, 0.25) is 0 Å². The maximum atomic E-state index is 11.3. The van der Waals surface area contributed by atoms with E-state index in [9.17, 15) is 9.59 Å². The first-order chi connectivity index (χ1) is 8.85. The summed E-state index contributed by atoms with van der Waals surface area (Å²) in [6, 6.07) is 0. The van der Waals surface area contributed by atoms with Crippen LogP contribution in [-0.2, 0) is 19.0 Å². The van der Waals surface area contributed by atoms with E-state index in [0.717, 1.165) is 6.42 Å². The fourth-order valence-electron chi connectivity index (χ4n) is 1.11. The zero-order valence-corrected chi connectivity index (χ0v) is 12.3. The lowest BCUT2D eigenvalue weighted by Crippen LogP contribution is -2.33. The van der Waals surface area contributed by atoms with Gasteiger partial charge in [-0.05, 0) is 27.2 Å². The molecule has 0 aliphatic heterocycles. The summed E-state index contributed by atoms with van der Waals surface area (Å²) >= 11 is 0. The van der Waals surface area contributed by atoms with Crippen molar-refractivity contribution in [2.24, 2.45) is 0 Å². The molecule has 6 heteroatoms. The molecule has 0 aromatic heterocycles. The van der Waals surface area contributed by atoms with Gasteiger partial charge in [-0.1, -0.05) is 6.92 Å². The molecule has 0 atom stereocenters. The lowest BCUT2D eigenvalue weighted by atomic mass is 10.2. The Morgan fingerprint density at radius 1 is 1.11 bits per heavy atom. The monoisotopic (exact) mass is 275 g/mol. The number of hydrogen-bond acceptors (Lipinski definition) is 5. The number of esters is 1. The maximum Gasteiger partial charge on any atom is 0.407 e. The van der Waals surface area contributed by atoms with Crippen molar-refractivity contribution in [1.82, 2.24) is 5.32 Å². The number of amides is 1. The van der Waals surface area contributed by atoms with E-state index in [-0.39, 0.29) is 25.5 Å². The van der Waals surface area contributed by atoms with E-state index in [2.05, 4.69) is 5.32 Å². The highest BCUT2D eigenvalue weighted by Gasteiger charge is 2.15. The fourth-order valence-corrected chi connectivity index (χ4v) is 1.11. The number of hydrogen-bond donors (Lipinski definition) is 1. The Kier molecular flexibility index (Phi) is 8.95. The molecule has 0 radical (unpaired) electrons. The fraction of sp³-hybridized carbons (Fsp3) is 0.846. The van der Waals surface area contributed by atoms with Gasteiger partial charge in [-0.15, -0.1) is 0 Å². The molecule has 0 fully saturated rings. The van der Waals surface area contributed by atoms with Crippen LogP contribution in [0.1, 0.15) is 40.5 Å². The van der Waals surface area contributed by atoms with Crippen LogP contribution < -0.4 is 5.32 Å². The molecule has 0 saturated heterocycles. The second-order valence-electron chi connectivity index (χ2n) is 5.01. The minimum absolute atomic E-state index is 0.118. The van der Waals surface area contributed by atoms with Crippen LogP contribution in [-0.4, -0.2) is 44.0 Å². The highest BCUT2D eigenvalue weighted by molar-refractivity contribution is 5.71. The summed E-state index contributed by atoms with van der Waals surface area (Å²) in [5, 5.41) is 2.49. The normalized spacial score (nSPS) is 10.9. The van der Waals surface area contributed by atoms with Crippen LogP contribution in [0.2, 0.25) is 0 Å². The Hall–Kier alpha value is -1.30. The zero-order valence-electron chi connectivity index (χ0n) is 12.3. The Balaban J connectivity index is 3.50. The Bertz CT molecular complexity index is 273. The largest absolute Gasteiger partial charge is 0.463 e. The molecule has 0 bridgehead atoms. The van der Waals surface area contributed by atoms with Crippen LogP contribution in [0.25, 0.3) is 0 Å². The molecule has 0 rings (SSSR count). The van der Waals surface area contributed by atoms with Crippen molar-refractivity contribution in [3.63, 3.8) is 0 Å². The van der Waals surface area contributed by atoms with Crippen molar-refractivity contribution in [1.29, 1.82) is 0 Å². The molecule has 19 heavy (non-hydrogen) atoms. The van der Waals surface area contributed by atoms with Gasteiger partial charge in [-0.2, -0.15) is 0 Å². The van der Waals surface area contributed by atoms with Crippen molar-refractivity contribution < 1.29 is 23.8 Å². The van der Waals surface area contributed by atoms with Gasteiger partial charge in [0.05, 0.1) is 13.0 Å². The average molecular weight is 275 g/mol. The van der Waals surface area contributed by atoms with E-state index >= 15 is 0 Å². The first-order valence-corrected chi connectivity index (χ1v) is 6.55. The number of ether oxygens (including phenoxy) is 3. The number of alkyl carbamates (subject to hydrolysis) is 1. The molecule has 0 unspecified atom stereocenters. The van der Waals surface area contributed by atoms with Crippen molar-refractivity contribution in [3.05, 3.63) is 0 Å². The van der Waals surface area contributed by atoms with E-state index in [1.54, 1.807) is 20.8 Å². The topological polar surface area (TPSA) is 73.9 Å². The lowest BCUT2D eigenvalue weighted by Gasteiger charge is -2.19. The van der Waals surface area contributed by atoms with Crippen molar-refractivity contribution in [2.75, 3.05) is 26.4 Å². The summed E-state index contributed by atoms with van der Waals surface area (Å²) in [7, 11) is 0. The van der Waals surface area contributed by atoms with Gasteiger partial charge in [0, 0.05) is 13.2 Å². The average Bonchev–Trinajstić information content (AvgIpc) is 2.26. The standard InChI is InChI=1S/C13H25NO5/c1-5-8-17-9-10-18-11(15)6-7-14-12(16)19-13(2,3)4/h5-10H2,1-4H3,(H,14,16). The summed E-state index contributed by atoms with van der Waals surface area (Å²) in [6.45, 7) is 8.84. The Morgan fingerprint density at radius 2 is 1.79 bits per heavy atom. The van der Waals surface area contributed by atoms with Crippen LogP contribution >= 0.6 is 0 Å². The molecule has 6 nitrogen and oxygen atoms in total. The van der Waals surface area contributed by atoms with Gasteiger partial charge in [0.1, 0.15) is 12.2 Å². The minimum atomic E-state index is -0.540. The van der Waals surface area contributed by atoms with Crippen LogP contribution in [0.15, 0.2) is 0 Å². The third kappa shape index (κ3) is 12.9. The first-order valence-electron chi connectivity index (χ1n) is 6.55. The van der Waals surface area contributed by atoms with Gasteiger partial charge in [0.15, 0.2) is 0 Å². The van der Waals surface area contributed by atoms with Crippen molar-refractivity contribution in [3.8, 4) is 0 Å². The third-order valence-corrected chi connectivity index (χ3v) is 1.84. The van der Waals surface area contributed by atoms with Crippen molar-refractivity contribution >= 4 is 12.1 Å². The molecule has 1 amide bonds. The van der Waals surface area contributed by atoms with Crippen LogP contribution in [0, 0.1) is 0 Å². The summed E-state index contributed by atoms with van der Waals surface area (Å²) in [6.07, 6.45) is 0.521. The molecule has 0 saturated carbocycles. The molecular weight excluding hydrogens is 250 g/mol. The van der Waals surface area contributed by atoms with E-state index < -0.39 is 11.7 Å². The van der Waals surface area contributed by atoms with E-state index in [1.807, 2.05) is 6.92 Å². The Labute approximate surface area is 114 Å². The van der Waals surface area contributed by atoms with Gasteiger partial charge >= 0.3 is 12.1 Å². The van der Waals surface area contributed by atoms with Gasteiger partial charge in [-0.25, -0.2) is 4.79 Å². The SMILES string of the molecule is CCCOCCOC(=O)CCNC(=O)OC(C)(C)C. The van der Waals surface area contributed by atoms with E-state index in [0.29, 0.717) is 13.2 Å². The highest BCUT2D eigenvalue weighted by Crippen LogP contribution is 2.06. The molecule has 0 aromatic carbocycles. The van der Waals surface area contributed by atoms with Gasteiger partial charge in [-0.3, -0.25) is 4.79 Å². The molecule has 0 aliphatic rings. The van der Waals surface area contributed by atoms with Crippen molar-refractivity contribution in [2.45, 2.75) is 46.1 Å². The summed E-state index contributed by atoms with van der Waals surface area (Å²) in [5.74, 6) is -0.365.